The number of hydrogen-bond donors (Lipinski definition) is 4. The first kappa shape index (κ1) is 26.4. The van der Waals surface area contributed by atoms with Crippen molar-refractivity contribution < 1.29 is 24.5 Å². The lowest BCUT2D eigenvalue weighted by Gasteiger charge is -2.29. The van der Waals surface area contributed by atoms with Crippen molar-refractivity contribution in [1.82, 2.24) is 20.4 Å². The van der Waals surface area contributed by atoms with Crippen LogP contribution in [-0.4, -0.2) is 62.6 Å². The van der Waals surface area contributed by atoms with E-state index in [9.17, 15) is 19.6 Å². The highest BCUT2D eigenvalue weighted by Gasteiger charge is 2.48. The van der Waals surface area contributed by atoms with E-state index in [-0.39, 0.29) is 37.3 Å². The van der Waals surface area contributed by atoms with Crippen molar-refractivity contribution in [2.75, 3.05) is 6.54 Å². The van der Waals surface area contributed by atoms with Crippen LogP contribution in [0.4, 0.5) is 0 Å². The lowest BCUT2D eigenvalue weighted by atomic mass is 9.74. The number of amides is 2. The monoisotopic (exact) mass is 483 g/mol. The van der Waals surface area contributed by atoms with Crippen molar-refractivity contribution in [1.29, 1.82) is 0 Å². The third-order valence-corrected chi connectivity index (χ3v) is 5.83. The van der Waals surface area contributed by atoms with Gasteiger partial charge >= 0.3 is 7.12 Å². The van der Waals surface area contributed by atoms with Crippen molar-refractivity contribution in [3.8, 4) is 0 Å². The molecule has 2 heterocycles. The summed E-state index contributed by atoms with van der Waals surface area (Å²) in [7, 11) is -1.71. The Bertz CT molecular complexity index is 1040. The Morgan fingerprint density at radius 2 is 1.89 bits per heavy atom. The van der Waals surface area contributed by atoms with Crippen molar-refractivity contribution in [2.45, 2.75) is 64.5 Å². The summed E-state index contributed by atoms with van der Waals surface area (Å²) in [5, 5.41) is 33.5. The minimum absolute atomic E-state index is 0.0285. The van der Waals surface area contributed by atoms with Crippen molar-refractivity contribution in [2.24, 2.45) is 11.1 Å². The number of oxime groups is 1. The van der Waals surface area contributed by atoms with Gasteiger partial charge in [-0.1, -0.05) is 49.3 Å². The van der Waals surface area contributed by atoms with Gasteiger partial charge in [0.25, 0.3) is 11.8 Å². The van der Waals surface area contributed by atoms with E-state index < -0.39 is 24.6 Å². The normalized spacial score (nSPS) is 18.2. The number of carbonyl (C=O) groups excluding carboxylic acids is 2. The Labute approximate surface area is 205 Å². The van der Waals surface area contributed by atoms with Crippen LogP contribution in [0.15, 0.2) is 47.8 Å². The summed E-state index contributed by atoms with van der Waals surface area (Å²) in [5.74, 6) is -1.50. The molecule has 4 N–H and O–H groups in total. The molecule has 3 rings (SSSR count). The van der Waals surface area contributed by atoms with Crippen LogP contribution in [0.2, 0.25) is 0 Å². The summed E-state index contributed by atoms with van der Waals surface area (Å²) in [4.78, 5) is 31.9. The first-order valence-electron chi connectivity index (χ1n) is 11.9. The van der Waals surface area contributed by atoms with E-state index in [1.165, 1.54) is 0 Å². The van der Waals surface area contributed by atoms with Crippen molar-refractivity contribution >= 4 is 24.6 Å². The van der Waals surface area contributed by atoms with E-state index >= 15 is 0 Å². The van der Waals surface area contributed by atoms with E-state index in [0.29, 0.717) is 17.8 Å². The smallest absolute Gasteiger partial charge is 0.426 e. The molecule has 10 nitrogen and oxygen atoms in total. The quantitative estimate of drug-likeness (QED) is 0.358. The molecule has 2 atom stereocenters. The lowest BCUT2D eigenvalue weighted by Crippen LogP contribution is -2.56. The van der Waals surface area contributed by atoms with Gasteiger partial charge in [-0.25, -0.2) is 0 Å². The largest absolute Gasteiger partial charge is 0.475 e. The van der Waals surface area contributed by atoms with E-state index in [0.717, 1.165) is 5.56 Å². The second-order valence-corrected chi connectivity index (χ2v) is 9.64. The minimum Gasteiger partial charge on any atom is -0.426 e. The molecule has 35 heavy (non-hydrogen) atoms. The molecule has 11 heteroatoms. The summed E-state index contributed by atoms with van der Waals surface area (Å²) in [6, 6.07) is 11.1. The Balaban J connectivity index is 1.73. The third kappa shape index (κ3) is 6.70. The predicted molar refractivity (Wildman–Crippen MR) is 133 cm³/mol. The van der Waals surface area contributed by atoms with Gasteiger partial charge in [0.2, 0.25) is 5.60 Å². The van der Waals surface area contributed by atoms with Gasteiger partial charge in [-0.3, -0.25) is 14.3 Å². The van der Waals surface area contributed by atoms with Gasteiger partial charge in [0.05, 0.1) is 18.2 Å². The molecule has 188 valence electrons. The van der Waals surface area contributed by atoms with Crippen LogP contribution >= 0.6 is 0 Å². The first-order chi connectivity index (χ1) is 16.6. The Morgan fingerprint density at radius 1 is 1.17 bits per heavy atom. The zero-order valence-corrected chi connectivity index (χ0v) is 20.6. The highest BCUT2D eigenvalue weighted by atomic mass is 16.7. The predicted octanol–water partition coefficient (Wildman–Crippen LogP) is 1.49. The van der Waals surface area contributed by atoms with Gasteiger partial charge < -0.3 is 25.5 Å². The van der Waals surface area contributed by atoms with Gasteiger partial charge in [0.1, 0.15) is 5.69 Å². The molecule has 0 radical (unpaired) electrons. The molecule has 1 unspecified atom stereocenters. The van der Waals surface area contributed by atoms with Crippen LogP contribution < -0.4 is 10.6 Å². The van der Waals surface area contributed by atoms with E-state index in [4.69, 9.17) is 4.84 Å². The standard InChI is InChI=1S/C24H34BN5O5/c1-16(2)12-21(25(33)34)28-23(32)24(13-18-8-6-5-7-9-18)14-19(29-35-24)15-26-22(31)20-10-11-27-30(20)17(3)4/h5-11,16-17,21,33-34H,12-15H2,1-4H3,(H,26,31)(H,28,32)/t21-,24?/m0/s1. The van der Waals surface area contributed by atoms with E-state index in [1.807, 2.05) is 58.0 Å². The molecule has 0 fully saturated rings. The molecule has 0 saturated carbocycles. The van der Waals surface area contributed by atoms with Crippen LogP contribution in [0.5, 0.6) is 0 Å². The molecule has 1 aromatic heterocycles. The minimum atomic E-state index is -1.71. The topological polar surface area (TPSA) is 138 Å². The number of nitrogens with one attached hydrogen (secondary N) is 2. The Hall–Kier alpha value is -3.18. The molecule has 0 aliphatic carbocycles. The van der Waals surface area contributed by atoms with Crippen molar-refractivity contribution in [3.63, 3.8) is 0 Å². The average Bonchev–Trinajstić information content (AvgIpc) is 3.46. The summed E-state index contributed by atoms with van der Waals surface area (Å²) in [6.45, 7) is 7.84. The highest BCUT2D eigenvalue weighted by molar-refractivity contribution is 6.43. The zero-order valence-electron chi connectivity index (χ0n) is 20.6. The maximum Gasteiger partial charge on any atom is 0.475 e. The fraction of sp³-hybridized carbons (Fsp3) is 0.500. The average molecular weight is 483 g/mol. The van der Waals surface area contributed by atoms with Crippen LogP contribution in [0.25, 0.3) is 0 Å². The number of aromatic nitrogens is 2. The summed E-state index contributed by atoms with van der Waals surface area (Å²) in [5.41, 5.74) is 0.436. The molecule has 0 spiro atoms. The van der Waals surface area contributed by atoms with Gasteiger partial charge in [-0.15, -0.1) is 0 Å². The number of hydrogen-bond acceptors (Lipinski definition) is 7. The number of benzene rings is 1. The van der Waals surface area contributed by atoms with Crippen LogP contribution in [0.1, 0.15) is 62.6 Å². The first-order valence-corrected chi connectivity index (χ1v) is 11.9. The number of nitrogens with zero attached hydrogens (tertiary/aromatic N) is 3. The van der Waals surface area contributed by atoms with Gasteiger partial charge in [-0.05, 0) is 37.8 Å². The second-order valence-electron chi connectivity index (χ2n) is 9.64. The molecule has 0 saturated heterocycles. The van der Waals surface area contributed by atoms with Crippen LogP contribution in [0, 0.1) is 5.92 Å². The summed E-state index contributed by atoms with van der Waals surface area (Å²) in [6.07, 6.45) is 2.34. The molecular formula is C24H34BN5O5. The third-order valence-electron chi connectivity index (χ3n) is 5.83. The molecular weight excluding hydrogens is 449 g/mol. The fourth-order valence-corrected chi connectivity index (χ4v) is 4.10. The van der Waals surface area contributed by atoms with Gasteiger partial charge in [0.15, 0.2) is 0 Å². The second kappa shape index (κ2) is 11.5. The number of carbonyl (C=O) groups is 2. The van der Waals surface area contributed by atoms with E-state index in [1.54, 1.807) is 16.9 Å². The molecule has 1 aliphatic heterocycles. The Morgan fingerprint density at radius 3 is 2.51 bits per heavy atom. The van der Waals surface area contributed by atoms with Crippen LogP contribution in [-0.2, 0) is 16.1 Å². The van der Waals surface area contributed by atoms with E-state index in [2.05, 4.69) is 20.9 Å². The lowest BCUT2D eigenvalue weighted by molar-refractivity contribution is -0.144. The molecule has 2 amide bonds. The van der Waals surface area contributed by atoms with Gasteiger partial charge in [0, 0.05) is 25.1 Å². The maximum atomic E-state index is 13.4. The van der Waals surface area contributed by atoms with Crippen LogP contribution in [0.3, 0.4) is 0 Å². The van der Waals surface area contributed by atoms with Gasteiger partial charge in [-0.2, -0.15) is 5.10 Å². The summed E-state index contributed by atoms with van der Waals surface area (Å²) < 4.78 is 1.63. The molecule has 0 bridgehead atoms. The number of rotatable bonds is 11. The maximum absolute atomic E-state index is 13.4. The molecule has 1 aromatic carbocycles. The summed E-state index contributed by atoms with van der Waals surface area (Å²) >= 11 is 0. The van der Waals surface area contributed by atoms with Crippen molar-refractivity contribution in [3.05, 3.63) is 53.9 Å². The Kier molecular flexibility index (Phi) is 8.69. The molecule has 2 aromatic rings. The molecule has 1 aliphatic rings. The fourth-order valence-electron chi connectivity index (χ4n) is 4.10. The highest BCUT2D eigenvalue weighted by Crippen LogP contribution is 2.29. The SMILES string of the molecule is CC(C)C[C@H](NC(=O)C1(Cc2ccccc2)CC(CNC(=O)c2ccnn2C(C)C)=NO1)B(O)O. The zero-order chi connectivity index (χ0) is 25.6.